The van der Waals surface area contributed by atoms with Gasteiger partial charge in [0.15, 0.2) is 0 Å². The molecule has 10 heteroatoms. The van der Waals surface area contributed by atoms with Gasteiger partial charge in [-0.05, 0) is 57.0 Å². The summed E-state index contributed by atoms with van der Waals surface area (Å²) in [6.07, 6.45) is 1.45. The number of hydrogen-bond acceptors (Lipinski definition) is 5. The third kappa shape index (κ3) is 8.43. The maximum absolute atomic E-state index is 13.2. The molecular formula is C25H34ClN3O5S. The number of para-hydroxylation sites is 2. The van der Waals surface area contributed by atoms with Gasteiger partial charge in [-0.25, -0.2) is 8.42 Å². The van der Waals surface area contributed by atoms with Crippen LogP contribution in [0.15, 0.2) is 48.5 Å². The topological polar surface area (TPSA) is 96.0 Å². The summed E-state index contributed by atoms with van der Waals surface area (Å²) in [7, 11) is -3.62. The first kappa shape index (κ1) is 28.5. The van der Waals surface area contributed by atoms with Crippen molar-refractivity contribution in [3.05, 3.63) is 59.1 Å². The Kier molecular flexibility index (Phi) is 10.9. The molecule has 0 spiro atoms. The van der Waals surface area contributed by atoms with E-state index in [0.29, 0.717) is 29.6 Å². The van der Waals surface area contributed by atoms with Crippen molar-refractivity contribution in [3.63, 3.8) is 0 Å². The third-order valence-electron chi connectivity index (χ3n) is 5.35. The van der Waals surface area contributed by atoms with E-state index in [-0.39, 0.29) is 37.7 Å². The van der Waals surface area contributed by atoms with Gasteiger partial charge in [0.25, 0.3) is 0 Å². The summed E-state index contributed by atoms with van der Waals surface area (Å²) in [5, 5.41) is 3.29. The highest BCUT2D eigenvalue weighted by atomic mass is 35.5. The molecule has 1 atom stereocenters. The third-order valence-corrected chi connectivity index (χ3v) is 6.76. The SMILES string of the molecule is CCNC(=O)[C@@H](C)N(Cc1cccc(Cl)c1)C(=O)CCCN(c1ccccc1OCC)S(C)(=O)=O. The van der Waals surface area contributed by atoms with Crippen LogP contribution in [0, 0.1) is 0 Å². The highest BCUT2D eigenvalue weighted by molar-refractivity contribution is 7.92. The second-order valence-electron chi connectivity index (χ2n) is 8.06. The average Bonchev–Trinajstić information content (AvgIpc) is 2.80. The zero-order chi connectivity index (χ0) is 26.0. The Morgan fingerprint density at radius 2 is 1.83 bits per heavy atom. The first-order valence-corrected chi connectivity index (χ1v) is 13.8. The molecule has 192 valence electrons. The smallest absolute Gasteiger partial charge is 0.242 e. The molecule has 0 aliphatic rings. The maximum atomic E-state index is 13.2. The minimum atomic E-state index is -3.62. The van der Waals surface area contributed by atoms with E-state index in [1.807, 2.05) is 19.9 Å². The zero-order valence-electron chi connectivity index (χ0n) is 20.7. The molecule has 35 heavy (non-hydrogen) atoms. The van der Waals surface area contributed by atoms with Crippen molar-refractivity contribution in [1.82, 2.24) is 10.2 Å². The number of benzene rings is 2. The van der Waals surface area contributed by atoms with E-state index in [9.17, 15) is 18.0 Å². The van der Waals surface area contributed by atoms with Gasteiger partial charge in [0.2, 0.25) is 21.8 Å². The van der Waals surface area contributed by atoms with E-state index in [1.54, 1.807) is 49.4 Å². The maximum Gasteiger partial charge on any atom is 0.242 e. The van der Waals surface area contributed by atoms with Crippen LogP contribution in [0.25, 0.3) is 0 Å². The number of amides is 2. The first-order chi connectivity index (χ1) is 16.6. The molecule has 0 aliphatic carbocycles. The average molecular weight is 524 g/mol. The minimum Gasteiger partial charge on any atom is -0.492 e. The summed E-state index contributed by atoms with van der Waals surface area (Å²) in [5.74, 6) is -0.0549. The monoisotopic (exact) mass is 523 g/mol. The van der Waals surface area contributed by atoms with E-state index < -0.39 is 16.1 Å². The van der Waals surface area contributed by atoms with Crippen molar-refractivity contribution in [1.29, 1.82) is 0 Å². The summed E-state index contributed by atoms with van der Waals surface area (Å²) >= 11 is 6.10. The van der Waals surface area contributed by atoms with Crippen LogP contribution in [0.2, 0.25) is 5.02 Å². The number of rotatable bonds is 13. The van der Waals surface area contributed by atoms with Gasteiger partial charge in [0.1, 0.15) is 11.8 Å². The van der Waals surface area contributed by atoms with Gasteiger partial charge in [0.05, 0.1) is 18.6 Å². The van der Waals surface area contributed by atoms with Gasteiger partial charge in [-0.15, -0.1) is 0 Å². The summed E-state index contributed by atoms with van der Waals surface area (Å²) in [5.41, 5.74) is 1.22. The van der Waals surface area contributed by atoms with Crippen molar-refractivity contribution in [3.8, 4) is 5.75 Å². The standard InChI is InChI=1S/C25H34ClN3O5S/c1-5-27-25(31)19(3)28(18-20-11-9-12-21(26)17-20)24(30)15-10-16-29(35(4,32)33)22-13-7-8-14-23(22)34-6-2/h7-9,11-14,17,19H,5-6,10,15-16,18H2,1-4H3,(H,27,31)/t19-/m1/s1. The van der Waals surface area contributed by atoms with Crippen molar-refractivity contribution in [2.75, 3.05) is 30.3 Å². The number of anilines is 1. The fraction of sp³-hybridized carbons (Fsp3) is 0.440. The summed E-state index contributed by atoms with van der Waals surface area (Å²) in [6.45, 7) is 6.46. The van der Waals surface area contributed by atoms with Gasteiger partial charge < -0.3 is 15.0 Å². The highest BCUT2D eigenvalue weighted by Crippen LogP contribution is 2.30. The lowest BCUT2D eigenvalue weighted by atomic mass is 10.1. The number of ether oxygens (including phenoxy) is 1. The number of halogens is 1. The van der Waals surface area contributed by atoms with E-state index >= 15 is 0 Å². The number of sulfonamides is 1. The number of likely N-dealkylation sites (N-methyl/N-ethyl adjacent to an activating group) is 1. The van der Waals surface area contributed by atoms with Gasteiger partial charge in [0, 0.05) is 31.1 Å². The molecule has 0 saturated carbocycles. The Labute approximate surface area is 213 Å². The molecule has 1 N–H and O–H groups in total. The minimum absolute atomic E-state index is 0.0626. The number of nitrogens with zero attached hydrogens (tertiary/aromatic N) is 2. The zero-order valence-corrected chi connectivity index (χ0v) is 22.2. The van der Waals surface area contributed by atoms with Crippen molar-refractivity contribution in [2.24, 2.45) is 0 Å². The summed E-state index contributed by atoms with van der Waals surface area (Å²) < 4.78 is 31.9. The molecule has 0 saturated heterocycles. The quantitative estimate of drug-likeness (QED) is 0.430. The molecule has 8 nitrogen and oxygen atoms in total. The molecule has 2 aromatic carbocycles. The van der Waals surface area contributed by atoms with Crippen molar-refractivity contribution >= 4 is 39.1 Å². The number of carbonyl (C=O) groups is 2. The van der Waals surface area contributed by atoms with E-state index in [0.717, 1.165) is 11.8 Å². The van der Waals surface area contributed by atoms with Crippen LogP contribution in [-0.4, -0.2) is 57.1 Å². The molecule has 0 heterocycles. The van der Waals surface area contributed by atoms with Crippen LogP contribution < -0.4 is 14.4 Å². The van der Waals surface area contributed by atoms with Crippen LogP contribution in [0.1, 0.15) is 39.2 Å². The molecular weight excluding hydrogens is 490 g/mol. The molecule has 0 radical (unpaired) electrons. The van der Waals surface area contributed by atoms with Crippen LogP contribution in [0.3, 0.4) is 0 Å². The Morgan fingerprint density at radius 3 is 2.46 bits per heavy atom. The lowest BCUT2D eigenvalue weighted by Gasteiger charge is -2.29. The van der Waals surface area contributed by atoms with E-state index in [2.05, 4.69) is 5.32 Å². The molecule has 0 unspecified atom stereocenters. The molecule has 0 bridgehead atoms. The molecule has 0 aliphatic heterocycles. The van der Waals surface area contributed by atoms with Crippen LogP contribution in [0.5, 0.6) is 5.75 Å². The fourth-order valence-electron chi connectivity index (χ4n) is 3.66. The lowest BCUT2D eigenvalue weighted by Crippen LogP contribution is -2.47. The van der Waals surface area contributed by atoms with Crippen LogP contribution >= 0.6 is 11.6 Å². The Balaban J connectivity index is 2.19. The summed E-state index contributed by atoms with van der Waals surface area (Å²) in [4.78, 5) is 27.2. The van der Waals surface area contributed by atoms with Gasteiger partial charge >= 0.3 is 0 Å². The van der Waals surface area contributed by atoms with E-state index in [1.165, 1.54) is 9.21 Å². The van der Waals surface area contributed by atoms with Crippen molar-refractivity contribution in [2.45, 2.75) is 46.2 Å². The van der Waals surface area contributed by atoms with Crippen LogP contribution in [0.4, 0.5) is 5.69 Å². The van der Waals surface area contributed by atoms with Crippen molar-refractivity contribution < 1.29 is 22.7 Å². The Morgan fingerprint density at radius 1 is 1.11 bits per heavy atom. The second-order valence-corrected chi connectivity index (χ2v) is 10.4. The molecule has 2 rings (SSSR count). The number of carbonyl (C=O) groups excluding carboxylic acids is 2. The van der Waals surface area contributed by atoms with E-state index in [4.69, 9.17) is 16.3 Å². The van der Waals surface area contributed by atoms with Gasteiger partial charge in [-0.2, -0.15) is 0 Å². The Bertz CT molecular complexity index is 1110. The van der Waals surface area contributed by atoms with Crippen LogP contribution in [-0.2, 0) is 26.2 Å². The molecule has 2 aromatic rings. The molecule has 0 fully saturated rings. The number of nitrogens with one attached hydrogen (secondary N) is 1. The fourth-order valence-corrected chi connectivity index (χ4v) is 4.84. The molecule has 0 aromatic heterocycles. The van der Waals surface area contributed by atoms with Gasteiger partial charge in [-0.3, -0.25) is 13.9 Å². The highest BCUT2D eigenvalue weighted by Gasteiger charge is 2.27. The predicted octanol–water partition coefficient (Wildman–Crippen LogP) is 3.84. The predicted molar refractivity (Wildman–Crippen MR) is 139 cm³/mol. The molecule has 2 amide bonds. The largest absolute Gasteiger partial charge is 0.492 e. The normalized spacial score (nSPS) is 12.0. The van der Waals surface area contributed by atoms with Gasteiger partial charge in [-0.1, -0.05) is 35.9 Å². The lowest BCUT2D eigenvalue weighted by molar-refractivity contribution is -0.140. The first-order valence-electron chi connectivity index (χ1n) is 11.6. The second kappa shape index (κ2) is 13.3. The summed E-state index contributed by atoms with van der Waals surface area (Å²) in [6, 6.07) is 13.3. The number of hydrogen-bond donors (Lipinski definition) is 1. The Hall–Kier alpha value is -2.78.